The van der Waals surface area contributed by atoms with E-state index in [1.54, 1.807) is 0 Å². The second kappa shape index (κ2) is 6.06. The van der Waals surface area contributed by atoms with Crippen molar-refractivity contribution >= 4 is 11.5 Å². The average Bonchev–Trinajstić information content (AvgIpc) is 3.23. The van der Waals surface area contributed by atoms with Gasteiger partial charge in [0, 0.05) is 11.1 Å². The lowest BCUT2D eigenvalue weighted by Gasteiger charge is -1.99. The lowest BCUT2D eigenvalue weighted by molar-refractivity contribution is 0.400. The van der Waals surface area contributed by atoms with Crippen LogP contribution >= 0.6 is 11.5 Å². The van der Waals surface area contributed by atoms with Gasteiger partial charge in [0.25, 0.3) is 0 Å². The predicted molar refractivity (Wildman–Crippen MR) is 98.0 cm³/mol. The average molecular weight is 332 g/mol. The Morgan fingerprint density at radius 3 is 2.38 bits per heavy atom. The van der Waals surface area contributed by atoms with Crippen LogP contribution in [0, 0.1) is 13.8 Å². The second-order valence-electron chi connectivity index (χ2n) is 5.77. The minimum absolute atomic E-state index is 0.813. The molecule has 0 atom stereocenters. The van der Waals surface area contributed by atoms with Gasteiger partial charge in [-0.2, -0.15) is 4.37 Å². The molecule has 0 radical (unpaired) electrons. The molecule has 0 bridgehead atoms. The summed E-state index contributed by atoms with van der Waals surface area (Å²) in [4.78, 5) is 1.07. The minimum atomic E-state index is 0.813. The molecule has 0 spiro atoms. The summed E-state index contributed by atoms with van der Waals surface area (Å²) in [6.45, 7) is 4.03. The van der Waals surface area contributed by atoms with Crippen molar-refractivity contribution < 1.29 is 4.52 Å². The fraction of sp³-hybridized carbons (Fsp3) is 0.100. The third kappa shape index (κ3) is 2.65. The van der Waals surface area contributed by atoms with E-state index in [-0.39, 0.29) is 0 Å². The molecule has 0 N–H and O–H groups in total. The third-order valence-electron chi connectivity index (χ3n) is 4.01. The van der Waals surface area contributed by atoms with Crippen LogP contribution in [0.5, 0.6) is 0 Å². The van der Waals surface area contributed by atoms with Crippen molar-refractivity contribution in [3.63, 3.8) is 0 Å². The number of hydrogen-bond acceptors (Lipinski definition) is 4. The molecule has 4 aromatic rings. The Bertz CT molecular complexity index is 969. The summed E-state index contributed by atoms with van der Waals surface area (Å²) >= 11 is 1.48. The standard InChI is InChI=1S/C20H16N2OS/c1-13-8-10-15(11-9-13)17-12-18(24-22-17)19-14(2)23-21-20(19)16-6-4-3-5-7-16/h3-12H,1-2H3. The van der Waals surface area contributed by atoms with Crippen molar-refractivity contribution in [2.24, 2.45) is 0 Å². The zero-order valence-electron chi connectivity index (χ0n) is 13.5. The Hall–Kier alpha value is -2.72. The number of nitrogens with zero attached hydrogens (tertiary/aromatic N) is 2. The number of benzene rings is 2. The molecule has 0 fully saturated rings. The fourth-order valence-electron chi connectivity index (χ4n) is 2.71. The highest BCUT2D eigenvalue weighted by Gasteiger charge is 2.19. The highest BCUT2D eigenvalue weighted by molar-refractivity contribution is 7.09. The first-order chi connectivity index (χ1) is 11.7. The van der Waals surface area contributed by atoms with Gasteiger partial charge >= 0.3 is 0 Å². The SMILES string of the molecule is Cc1ccc(-c2cc(-c3c(-c4ccccc4)noc3C)sn2)cc1. The first-order valence-electron chi connectivity index (χ1n) is 7.78. The third-order valence-corrected chi connectivity index (χ3v) is 4.82. The molecule has 4 rings (SSSR count). The summed E-state index contributed by atoms with van der Waals surface area (Å²) in [5, 5.41) is 4.26. The Morgan fingerprint density at radius 1 is 0.875 bits per heavy atom. The molecule has 24 heavy (non-hydrogen) atoms. The van der Waals surface area contributed by atoms with Crippen molar-refractivity contribution in [1.82, 2.24) is 9.53 Å². The highest BCUT2D eigenvalue weighted by atomic mass is 32.1. The Labute approximate surface area is 144 Å². The minimum Gasteiger partial charge on any atom is -0.360 e. The van der Waals surface area contributed by atoms with E-state index >= 15 is 0 Å². The molecule has 0 aliphatic heterocycles. The molecule has 2 heterocycles. The van der Waals surface area contributed by atoms with Crippen LogP contribution in [0.3, 0.4) is 0 Å². The van der Waals surface area contributed by atoms with E-state index in [1.807, 2.05) is 37.3 Å². The van der Waals surface area contributed by atoms with Gasteiger partial charge < -0.3 is 4.52 Å². The van der Waals surface area contributed by atoms with E-state index in [9.17, 15) is 0 Å². The number of hydrogen-bond donors (Lipinski definition) is 0. The zero-order valence-corrected chi connectivity index (χ0v) is 14.3. The van der Waals surface area contributed by atoms with Crippen LogP contribution in [0.25, 0.3) is 33.0 Å². The summed E-state index contributed by atoms with van der Waals surface area (Å²) in [5.74, 6) is 0.813. The van der Waals surface area contributed by atoms with Crippen LogP contribution in [0.2, 0.25) is 0 Å². The predicted octanol–water partition coefficient (Wildman–Crippen LogP) is 5.75. The normalized spacial score (nSPS) is 10.9. The summed E-state index contributed by atoms with van der Waals surface area (Å²) in [5.41, 5.74) is 6.29. The van der Waals surface area contributed by atoms with Gasteiger partial charge in [-0.1, -0.05) is 65.3 Å². The molecular weight excluding hydrogens is 316 g/mol. The highest BCUT2D eigenvalue weighted by Crippen LogP contribution is 2.38. The summed E-state index contributed by atoms with van der Waals surface area (Å²) in [7, 11) is 0. The molecule has 2 aromatic carbocycles. The number of aromatic nitrogens is 2. The van der Waals surface area contributed by atoms with Crippen molar-refractivity contribution in [3.8, 4) is 33.0 Å². The van der Waals surface area contributed by atoms with E-state index in [2.05, 4.69) is 46.8 Å². The van der Waals surface area contributed by atoms with Crippen molar-refractivity contribution in [1.29, 1.82) is 0 Å². The molecule has 0 saturated carbocycles. The van der Waals surface area contributed by atoms with E-state index in [4.69, 9.17) is 4.52 Å². The smallest absolute Gasteiger partial charge is 0.143 e. The van der Waals surface area contributed by atoms with E-state index < -0.39 is 0 Å². The number of rotatable bonds is 3. The fourth-order valence-corrected chi connectivity index (χ4v) is 3.56. The summed E-state index contributed by atoms with van der Waals surface area (Å²) in [6.07, 6.45) is 0. The topological polar surface area (TPSA) is 38.9 Å². The molecule has 2 aromatic heterocycles. The Balaban J connectivity index is 1.78. The molecular formula is C20H16N2OS. The molecule has 0 saturated heterocycles. The molecule has 0 aliphatic rings. The van der Waals surface area contributed by atoms with Gasteiger partial charge in [-0.3, -0.25) is 0 Å². The van der Waals surface area contributed by atoms with E-state index in [0.717, 1.165) is 38.7 Å². The molecule has 118 valence electrons. The Kier molecular flexibility index (Phi) is 3.75. The summed E-state index contributed by atoms with van der Waals surface area (Å²) in [6, 6.07) is 20.6. The monoisotopic (exact) mass is 332 g/mol. The van der Waals surface area contributed by atoms with Crippen LogP contribution < -0.4 is 0 Å². The first-order valence-corrected chi connectivity index (χ1v) is 8.55. The maximum Gasteiger partial charge on any atom is 0.143 e. The molecule has 3 nitrogen and oxygen atoms in total. The second-order valence-corrected chi connectivity index (χ2v) is 6.58. The van der Waals surface area contributed by atoms with Crippen LogP contribution in [-0.2, 0) is 0 Å². The van der Waals surface area contributed by atoms with Gasteiger partial charge in [0.2, 0.25) is 0 Å². The van der Waals surface area contributed by atoms with Gasteiger partial charge in [0.1, 0.15) is 11.5 Å². The van der Waals surface area contributed by atoms with Gasteiger partial charge in [0.15, 0.2) is 0 Å². The van der Waals surface area contributed by atoms with Gasteiger partial charge in [0.05, 0.1) is 16.1 Å². The van der Waals surface area contributed by atoms with Gasteiger partial charge in [-0.15, -0.1) is 0 Å². The van der Waals surface area contributed by atoms with Crippen LogP contribution in [-0.4, -0.2) is 9.53 Å². The van der Waals surface area contributed by atoms with Crippen molar-refractivity contribution in [2.75, 3.05) is 0 Å². The van der Waals surface area contributed by atoms with Crippen molar-refractivity contribution in [3.05, 3.63) is 72.0 Å². The van der Waals surface area contributed by atoms with Gasteiger partial charge in [-0.25, -0.2) is 0 Å². The zero-order chi connectivity index (χ0) is 16.5. The maximum absolute atomic E-state index is 5.46. The molecule has 0 aliphatic carbocycles. The Morgan fingerprint density at radius 2 is 1.62 bits per heavy atom. The van der Waals surface area contributed by atoms with E-state index in [1.165, 1.54) is 17.1 Å². The van der Waals surface area contributed by atoms with Crippen LogP contribution in [0.4, 0.5) is 0 Å². The number of aryl methyl sites for hydroxylation is 2. The van der Waals surface area contributed by atoms with Crippen LogP contribution in [0.15, 0.2) is 65.2 Å². The molecule has 0 amide bonds. The lowest BCUT2D eigenvalue weighted by atomic mass is 10.0. The molecule has 0 unspecified atom stereocenters. The quantitative estimate of drug-likeness (QED) is 0.479. The molecule has 4 heteroatoms. The van der Waals surface area contributed by atoms with E-state index in [0.29, 0.717) is 0 Å². The lowest BCUT2D eigenvalue weighted by Crippen LogP contribution is -1.81. The first kappa shape index (κ1) is 14.8. The van der Waals surface area contributed by atoms with Gasteiger partial charge in [-0.05, 0) is 31.4 Å². The van der Waals surface area contributed by atoms with Crippen molar-refractivity contribution in [2.45, 2.75) is 13.8 Å². The van der Waals surface area contributed by atoms with Crippen LogP contribution in [0.1, 0.15) is 11.3 Å². The largest absolute Gasteiger partial charge is 0.360 e. The summed E-state index contributed by atoms with van der Waals surface area (Å²) < 4.78 is 10.1. The maximum atomic E-state index is 5.46.